The van der Waals surface area contributed by atoms with Crippen LogP contribution < -0.4 is 10.6 Å². The highest BCUT2D eigenvalue weighted by Crippen LogP contribution is 2.32. The van der Waals surface area contributed by atoms with Crippen LogP contribution in [0, 0.1) is 12.7 Å². The number of anilines is 2. The largest absolute Gasteiger partial charge is 0.416 e. The van der Waals surface area contributed by atoms with Crippen LogP contribution in [0.1, 0.15) is 39.9 Å². The second kappa shape index (κ2) is 9.06. The van der Waals surface area contributed by atoms with E-state index in [1.165, 1.54) is 12.4 Å². The van der Waals surface area contributed by atoms with Gasteiger partial charge in [0.05, 0.1) is 11.3 Å². The molecule has 0 unspecified atom stereocenters. The molecule has 0 bridgehead atoms. The van der Waals surface area contributed by atoms with Crippen LogP contribution in [0.25, 0.3) is 23.4 Å². The number of hydrogen-bond acceptors (Lipinski definition) is 5. The van der Waals surface area contributed by atoms with E-state index in [0.717, 1.165) is 18.4 Å². The summed E-state index contributed by atoms with van der Waals surface area (Å²) < 4.78 is 54.7. The van der Waals surface area contributed by atoms with Gasteiger partial charge in [-0.2, -0.15) is 13.2 Å². The minimum absolute atomic E-state index is 0.158. The Bertz CT molecular complexity index is 1490. The fraction of sp³-hybridized carbons (Fsp3) is 0.200. The van der Waals surface area contributed by atoms with Crippen LogP contribution in [0.4, 0.5) is 29.1 Å². The summed E-state index contributed by atoms with van der Waals surface area (Å²) in [7, 11) is 0. The molecule has 11 heteroatoms. The zero-order valence-corrected chi connectivity index (χ0v) is 19.0. The molecule has 0 aliphatic heterocycles. The summed E-state index contributed by atoms with van der Waals surface area (Å²) in [6.45, 7) is 1.85. The number of imidazole rings is 1. The van der Waals surface area contributed by atoms with Crippen molar-refractivity contribution < 1.29 is 22.4 Å². The van der Waals surface area contributed by atoms with Crippen LogP contribution >= 0.6 is 0 Å². The number of halogens is 4. The molecule has 2 aromatic heterocycles. The number of aromatic nitrogens is 4. The van der Waals surface area contributed by atoms with Crippen molar-refractivity contribution in [3.63, 3.8) is 0 Å². The van der Waals surface area contributed by atoms with E-state index < -0.39 is 29.2 Å². The molecule has 0 saturated heterocycles. The second-order valence-corrected chi connectivity index (χ2v) is 8.50. The molecule has 0 atom stereocenters. The Morgan fingerprint density at radius 2 is 1.92 bits per heavy atom. The number of carbonyl (C=O) groups is 1. The maximum atomic E-state index is 14.1. The van der Waals surface area contributed by atoms with Gasteiger partial charge >= 0.3 is 6.18 Å². The van der Waals surface area contributed by atoms with Crippen LogP contribution in [0.5, 0.6) is 0 Å². The number of fused-ring (bicyclic) bond motifs is 1. The lowest BCUT2D eigenvalue weighted by Gasteiger charge is -2.11. The SMILES string of the molecule is Cc1ccc(C(=O)Nc2cc(C(F)(F)F)ccc2F)cc1/C=C/n1cnc2c(NC3CC3)ncnc21. The summed E-state index contributed by atoms with van der Waals surface area (Å²) >= 11 is 0. The minimum atomic E-state index is -4.66. The topological polar surface area (TPSA) is 84.7 Å². The molecular weight excluding hydrogens is 476 g/mol. The van der Waals surface area contributed by atoms with E-state index >= 15 is 0 Å². The predicted molar refractivity (Wildman–Crippen MR) is 128 cm³/mol. The Morgan fingerprint density at radius 3 is 2.67 bits per heavy atom. The quantitative estimate of drug-likeness (QED) is 0.332. The predicted octanol–water partition coefficient (Wildman–Crippen LogP) is 5.75. The van der Waals surface area contributed by atoms with E-state index in [1.54, 1.807) is 35.3 Å². The molecule has 184 valence electrons. The van der Waals surface area contributed by atoms with Crippen molar-refractivity contribution in [2.75, 3.05) is 10.6 Å². The maximum absolute atomic E-state index is 14.1. The number of rotatable bonds is 6. The third-order valence-corrected chi connectivity index (χ3v) is 5.77. The third kappa shape index (κ3) is 4.90. The molecule has 5 rings (SSSR count). The smallest absolute Gasteiger partial charge is 0.365 e. The number of nitrogens with zero attached hydrogens (tertiary/aromatic N) is 4. The third-order valence-electron chi connectivity index (χ3n) is 5.77. The van der Waals surface area contributed by atoms with E-state index in [9.17, 15) is 22.4 Å². The Labute approximate surface area is 202 Å². The van der Waals surface area contributed by atoms with Crippen molar-refractivity contribution in [2.24, 2.45) is 0 Å². The number of alkyl halides is 3. The first kappa shape index (κ1) is 23.5. The van der Waals surface area contributed by atoms with Gasteiger partial charge in [0.1, 0.15) is 18.5 Å². The molecule has 2 N–H and O–H groups in total. The Kier molecular flexibility index (Phi) is 5.91. The van der Waals surface area contributed by atoms with Gasteiger partial charge in [0, 0.05) is 17.8 Å². The molecule has 36 heavy (non-hydrogen) atoms. The van der Waals surface area contributed by atoms with Gasteiger partial charge < -0.3 is 10.6 Å². The fourth-order valence-corrected chi connectivity index (χ4v) is 3.60. The van der Waals surface area contributed by atoms with Gasteiger partial charge in [0.25, 0.3) is 5.91 Å². The van der Waals surface area contributed by atoms with Crippen molar-refractivity contribution in [2.45, 2.75) is 32.0 Å². The van der Waals surface area contributed by atoms with Crippen molar-refractivity contribution in [1.82, 2.24) is 19.5 Å². The zero-order valence-electron chi connectivity index (χ0n) is 19.0. The standard InChI is InChI=1S/C25H20F4N6O/c1-14-2-3-16(24(36)34-20-11-17(25(27,28)29)4-7-19(20)26)10-15(14)8-9-35-13-32-21-22(33-18-5-6-18)30-12-31-23(21)35/h2-4,7-13,18H,5-6H2,1H3,(H,34,36)(H,30,31,33)/b9-8+. The normalized spacial score (nSPS) is 13.9. The van der Waals surface area contributed by atoms with Crippen molar-refractivity contribution in [3.8, 4) is 0 Å². The minimum Gasteiger partial charge on any atom is -0.365 e. The van der Waals surface area contributed by atoms with E-state index in [2.05, 4.69) is 25.6 Å². The average Bonchev–Trinajstić information content (AvgIpc) is 3.56. The molecule has 1 saturated carbocycles. The van der Waals surface area contributed by atoms with E-state index in [-0.39, 0.29) is 5.56 Å². The molecule has 4 aromatic rings. The summed E-state index contributed by atoms with van der Waals surface area (Å²) in [6, 6.07) is 7.06. The average molecular weight is 496 g/mol. The van der Waals surface area contributed by atoms with Gasteiger partial charge in [0.15, 0.2) is 17.0 Å². The van der Waals surface area contributed by atoms with Crippen molar-refractivity contribution >= 4 is 40.9 Å². The Hall–Kier alpha value is -4.28. The number of hydrogen-bond donors (Lipinski definition) is 2. The van der Waals surface area contributed by atoms with Gasteiger partial charge in [-0.25, -0.2) is 19.3 Å². The van der Waals surface area contributed by atoms with Crippen molar-refractivity contribution in [1.29, 1.82) is 0 Å². The summed E-state index contributed by atoms with van der Waals surface area (Å²) in [5.74, 6) is -1.03. The fourth-order valence-electron chi connectivity index (χ4n) is 3.60. The molecule has 2 heterocycles. The first-order chi connectivity index (χ1) is 17.2. The summed E-state index contributed by atoms with van der Waals surface area (Å²) in [5, 5.41) is 5.56. The lowest BCUT2D eigenvalue weighted by Crippen LogP contribution is -2.14. The molecule has 0 radical (unpaired) electrons. The lowest BCUT2D eigenvalue weighted by molar-refractivity contribution is -0.137. The Balaban J connectivity index is 1.38. The van der Waals surface area contributed by atoms with Gasteiger partial charge in [-0.05, 0) is 67.3 Å². The highest BCUT2D eigenvalue weighted by molar-refractivity contribution is 6.04. The molecule has 0 spiro atoms. The zero-order chi connectivity index (χ0) is 25.4. The summed E-state index contributed by atoms with van der Waals surface area (Å²) in [6.07, 6.45) is 4.09. The molecule has 2 aromatic carbocycles. The van der Waals surface area contributed by atoms with Crippen LogP contribution in [-0.2, 0) is 6.18 Å². The van der Waals surface area contributed by atoms with Crippen LogP contribution in [0.3, 0.4) is 0 Å². The van der Waals surface area contributed by atoms with E-state index in [4.69, 9.17) is 0 Å². The maximum Gasteiger partial charge on any atom is 0.416 e. The van der Waals surface area contributed by atoms with Crippen LogP contribution in [0.15, 0.2) is 49.1 Å². The highest BCUT2D eigenvalue weighted by Gasteiger charge is 2.31. The first-order valence-electron chi connectivity index (χ1n) is 11.1. The van der Waals surface area contributed by atoms with Gasteiger partial charge in [-0.1, -0.05) is 6.07 Å². The molecule has 1 fully saturated rings. The summed E-state index contributed by atoms with van der Waals surface area (Å²) in [4.78, 5) is 25.7. The van der Waals surface area contributed by atoms with Gasteiger partial charge in [-0.3, -0.25) is 9.36 Å². The van der Waals surface area contributed by atoms with Crippen molar-refractivity contribution in [3.05, 3.63) is 77.1 Å². The van der Waals surface area contributed by atoms with E-state index in [0.29, 0.717) is 46.8 Å². The van der Waals surface area contributed by atoms with E-state index in [1.807, 2.05) is 6.92 Å². The number of aryl methyl sites for hydroxylation is 1. The monoisotopic (exact) mass is 496 g/mol. The Morgan fingerprint density at radius 1 is 1.11 bits per heavy atom. The number of benzene rings is 2. The second-order valence-electron chi connectivity index (χ2n) is 8.50. The molecule has 7 nitrogen and oxygen atoms in total. The molecule has 1 aliphatic carbocycles. The van der Waals surface area contributed by atoms with Gasteiger partial charge in [-0.15, -0.1) is 0 Å². The van der Waals surface area contributed by atoms with Gasteiger partial charge in [0.2, 0.25) is 0 Å². The number of amides is 1. The highest BCUT2D eigenvalue weighted by atomic mass is 19.4. The lowest BCUT2D eigenvalue weighted by atomic mass is 10.0. The molecular formula is C25H20F4N6O. The van der Waals surface area contributed by atoms with Crippen LogP contribution in [0.2, 0.25) is 0 Å². The first-order valence-corrected chi connectivity index (χ1v) is 11.1. The molecule has 1 aliphatic rings. The molecule has 1 amide bonds. The summed E-state index contributed by atoms with van der Waals surface area (Å²) in [5.41, 5.74) is 1.33. The van der Waals surface area contributed by atoms with Crippen LogP contribution in [-0.4, -0.2) is 31.5 Å². The number of nitrogens with one attached hydrogen (secondary N) is 2. The number of carbonyl (C=O) groups excluding carboxylic acids is 1.